The van der Waals surface area contributed by atoms with Gasteiger partial charge in [-0.1, -0.05) is 0 Å². The maximum atomic E-state index is 5.77. The minimum atomic E-state index is 0.0653. The fourth-order valence-electron chi connectivity index (χ4n) is 2.42. The quantitative estimate of drug-likeness (QED) is 0.889. The van der Waals surface area contributed by atoms with Crippen molar-refractivity contribution in [3.8, 4) is 11.5 Å². The normalized spacial score (nSPS) is 23.3. The van der Waals surface area contributed by atoms with E-state index < -0.39 is 0 Å². The van der Waals surface area contributed by atoms with E-state index >= 15 is 0 Å². The number of nitrogens with two attached hydrogens (primary N) is 1. The van der Waals surface area contributed by atoms with E-state index in [0.29, 0.717) is 6.54 Å². The lowest BCUT2D eigenvalue weighted by molar-refractivity contribution is -0.0105. The Morgan fingerprint density at radius 1 is 1.32 bits per heavy atom. The maximum absolute atomic E-state index is 5.77. The van der Waals surface area contributed by atoms with Crippen LogP contribution >= 0.6 is 0 Å². The van der Waals surface area contributed by atoms with Crippen molar-refractivity contribution in [3.05, 3.63) is 18.2 Å². The van der Waals surface area contributed by atoms with Crippen molar-refractivity contribution < 1.29 is 14.2 Å². The summed E-state index contributed by atoms with van der Waals surface area (Å²) in [6, 6.07) is 5.85. The van der Waals surface area contributed by atoms with Gasteiger partial charge < -0.3 is 24.8 Å². The zero-order valence-corrected chi connectivity index (χ0v) is 11.8. The number of methoxy groups -OCH3 is 2. The summed E-state index contributed by atoms with van der Waals surface area (Å²) in [4.78, 5) is 2.25. The van der Waals surface area contributed by atoms with Gasteiger partial charge in [-0.05, 0) is 19.1 Å². The van der Waals surface area contributed by atoms with Crippen LogP contribution < -0.4 is 20.1 Å². The van der Waals surface area contributed by atoms with Crippen LogP contribution in [0, 0.1) is 0 Å². The third kappa shape index (κ3) is 3.11. The second-order valence-corrected chi connectivity index (χ2v) is 4.75. The molecule has 0 saturated carbocycles. The maximum Gasteiger partial charge on any atom is 0.145 e. The molecule has 0 amide bonds. The van der Waals surface area contributed by atoms with Crippen LogP contribution in [0.1, 0.15) is 6.92 Å². The fourth-order valence-corrected chi connectivity index (χ4v) is 2.42. The smallest absolute Gasteiger partial charge is 0.145 e. The molecule has 0 bridgehead atoms. The standard InChI is InChI=1S/C14H22N2O3/c1-10-8-16(9-12(7-15)19-10)13-5-4-11(17-2)6-14(13)18-3/h4-6,10,12H,7-9,15H2,1-3H3. The number of benzene rings is 1. The Labute approximate surface area is 114 Å². The number of hydrogen-bond acceptors (Lipinski definition) is 5. The van der Waals surface area contributed by atoms with Gasteiger partial charge in [0.2, 0.25) is 0 Å². The van der Waals surface area contributed by atoms with Crippen LogP contribution in [0.3, 0.4) is 0 Å². The fraction of sp³-hybridized carbons (Fsp3) is 0.571. The number of ether oxygens (including phenoxy) is 3. The topological polar surface area (TPSA) is 57.0 Å². The highest BCUT2D eigenvalue weighted by atomic mass is 16.5. The van der Waals surface area contributed by atoms with Crippen molar-refractivity contribution in [2.45, 2.75) is 19.1 Å². The first kappa shape index (κ1) is 14.0. The van der Waals surface area contributed by atoms with Crippen molar-refractivity contribution in [2.75, 3.05) is 38.8 Å². The lowest BCUT2D eigenvalue weighted by Crippen LogP contribution is -2.49. The number of rotatable bonds is 4. The molecule has 0 spiro atoms. The summed E-state index contributed by atoms with van der Waals surface area (Å²) in [5.74, 6) is 1.60. The third-order valence-electron chi connectivity index (χ3n) is 3.32. The molecule has 1 aliphatic heterocycles. The first-order valence-electron chi connectivity index (χ1n) is 6.50. The molecular formula is C14H22N2O3. The highest BCUT2D eigenvalue weighted by Gasteiger charge is 2.26. The van der Waals surface area contributed by atoms with E-state index in [1.54, 1.807) is 14.2 Å². The molecule has 1 aromatic carbocycles. The van der Waals surface area contributed by atoms with Gasteiger partial charge in [0.1, 0.15) is 11.5 Å². The van der Waals surface area contributed by atoms with E-state index in [1.807, 2.05) is 18.2 Å². The van der Waals surface area contributed by atoms with Crippen LogP contribution in [-0.2, 0) is 4.74 Å². The highest BCUT2D eigenvalue weighted by Crippen LogP contribution is 2.33. The molecule has 1 fully saturated rings. The summed E-state index contributed by atoms with van der Waals surface area (Å²) < 4.78 is 16.4. The van der Waals surface area contributed by atoms with E-state index in [4.69, 9.17) is 19.9 Å². The van der Waals surface area contributed by atoms with E-state index in [9.17, 15) is 0 Å². The summed E-state index contributed by atoms with van der Waals surface area (Å²) in [5, 5.41) is 0. The average molecular weight is 266 g/mol. The van der Waals surface area contributed by atoms with Gasteiger partial charge in [0.15, 0.2) is 0 Å². The molecule has 19 heavy (non-hydrogen) atoms. The molecule has 106 valence electrons. The predicted molar refractivity (Wildman–Crippen MR) is 75.1 cm³/mol. The molecular weight excluding hydrogens is 244 g/mol. The van der Waals surface area contributed by atoms with Crippen molar-refractivity contribution in [1.82, 2.24) is 0 Å². The Morgan fingerprint density at radius 3 is 2.74 bits per heavy atom. The molecule has 1 aromatic rings. The van der Waals surface area contributed by atoms with Crippen LogP contribution in [0.2, 0.25) is 0 Å². The summed E-state index contributed by atoms with van der Waals surface area (Å²) in [6.45, 7) is 4.20. The zero-order chi connectivity index (χ0) is 13.8. The molecule has 1 heterocycles. The predicted octanol–water partition coefficient (Wildman–Crippen LogP) is 1.26. The first-order chi connectivity index (χ1) is 9.17. The summed E-state index contributed by atoms with van der Waals surface area (Å²) in [7, 11) is 3.32. The van der Waals surface area contributed by atoms with Crippen LogP contribution in [0.25, 0.3) is 0 Å². The minimum absolute atomic E-state index is 0.0653. The van der Waals surface area contributed by atoms with Gasteiger partial charge >= 0.3 is 0 Å². The molecule has 2 atom stereocenters. The number of anilines is 1. The van der Waals surface area contributed by atoms with Gasteiger partial charge in [-0.15, -0.1) is 0 Å². The molecule has 1 saturated heterocycles. The average Bonchev–Trinajstić information content (AvgIpc) is 2.45. The Kier molecular flexibility index (Phi) is 4.50. The van der Waals surface area contributed by atoms with E-state index in [1.165, 1.54) is 0 Å². The Bertz CT molecular complexity index is 425. The second-order valence-electron chi connectivity index (χ2n) is 4.75. The summed E-state index contributed by atoms with van der Waals surface area (Å²) in [6.07, 6.45) is 0.227. The van der Waals surface area contributed by atoms with Crippen LogP contribution in [-0.4, -0.2) is 46.1 Å². The van der Waals surface area contributed by atoms with E-state index in [-0.39, 0.29) is 12.2 Å². The lowest BCUT2D eigenvalue weighted by atomic mass is 10.1. The van der Waals surface area contributed by atoms with Gasteiger partial charge in [-0.25, -0.2) is 0 Å². The number of morpholine rings is 1. The van der Waals surface area contributed by atoms with Crippen LogP contribution in [0.15, 0.2) is 18.2 Å². The van der Waals surface area contributed by atoms with Crippen molar-refractivity contribution >= 4 is 5.69 Å². The Balaban J connectivity index is 2.24. The van der Waals surface area contributed by atoms with E-state index in [2.05, 4.69) is 11.8 Å². The van der Waals surface area contributed by atoms with Crippen LogP contribution in [0.5, 0.6) is 11.5 Å². The first-order valence-corrected chi connectivity index (χ1v) is 6.50. The Morgan fingerprint density at radius 2 is 2.11 bits per heavy atom. The number of hydrogen-bond donors (Lipinski definition) is 1. The van der Waals surface area contributed by atoms with Crippen LogP contribution in [0.4, 0.5) is 5.69 Å². The molecule has 2 unspecified atom stereocenters. The molecule has 2 N–H and O–H groups in total. The number of nitrogens with zero attached hydrogens (tertiary/aromatic N) is 1. The monoisotopic (exact) mass is 266 g/mol. The SMILES string of the molecule is COc1ccc(N2CC(C)OC(CN)C2)c(OC)c1. The largest absolute Gasteiger partial charge is 0.497 e. The van der Waals surface area contributed by atoms with Gasteiger partial charge in [0.05, 0.1) is 32.1 Å². The zero-order valence-electron chi connectivity index (χ0n) is 11.8. The molecule has 1 aliphatic rings. The third-order valence-corrected chi connectivity index (χ3v) is 3.32. The van der Waals surface area contributed by atoms with Gasteiger partial charge in [-0.3, -0.25) is 0 Å². The molecule has 2 rings (SSSR count). The van der Waals surface area contributed by atoms with Gasteiger partial charge in [-0.2, -0.15) is 0 Å². The molecule has 5 heteroatoms. The van der Waals surface area contributed by atoms with Crippen molar-refractivity contribution in [1.29, 1.82) is 0 Å². The van der Waals surface area contributed by atoms with Gasteiger partial charge in [0, 0.05) is 25.7 Å². The van der Waals surface area contributed by atoms with Crippen molar-refractivity contribution in [3.63, 3.8) is 0 Å². The molecule has 0 aliphatic carbocycles. The van der Waals surface area contributed by atoms with Gasteiger partial charge in [0.25, 0.3) is 0 Å². The highest BCUT2D eigenvalue weighted by molar-refractivity contribution is 5.61. The van der Waals surface area contributed by atoms with E-state index in [0.717, 1.165) is 30.3 Å². The minimum Gasteiger partial charge on any atom is -0.497 e. The summed E-state index contributed by atoms with van der Waals surface area (Å²) in [5.41, 5.74) is 6.77. The lowest BCUT2D eigenvalue weighted by Gasteiger charge is -2.38. The Hall–Kier alpha value is -1.46. The molecule has 0 radical (unpaired) electrons. The summed E-state index contributed by atoms with van der Waals surface area (Å²) >= 11 is 0. The molecule has 5 nitrogen and oxygen atoms in total. The van der Waals surface area contributed by atoms with Crippen molar-refractivity contribution in [2.24, 2.45) is 5.73 Å². The molecule has 0 aromatic heterocycles. The second kappa shape index (κ2) is 6.12.